The summed E-state index contributed by atoms with van der Waals surface area (Å²) in [5, 5.41) is 0. The number of rotatable bonds is 6. The Kier molecular flexibility index (Phi) is 7.85. The molecule has 0 saturated carbocycles. The van der Waals surface area contributed by atoms with Gasteiger partial charge in [-0.1, -0.05) is 38.9 Å². The third kappa shape index (κ3) is 5.38. The molecule has 3 aliphatic heterocycles. The summed E-state index contributed by atoms with van der Waals surface area (Å²) in [5.41, 5.74) is 9.71. The van der Waals surface area contributed by atoms with E-state index in [9.17, 15) is 4.79 Å². The zero-order chi connectivity index (χ0) is 28.7. The monoisotopic (exact) mass is 668 g/mol. The van der Waals surface area contributed by atoms with Crippen molar-refractivity contribution in [3.63, 3.8) is 0 Å². The molecule has 3 heterocycles. The molecule has 2 aliphatic carbocycles. The van der Waals surface area contributed by atoms with Crippen LogP contribution in [-0.2, 0) is 19.0 Å². The molecular formula is C33H34FIN2O4. The van der Waals surface area contributed by atoms with Crippen molar-refractivity contribution in [2.75, 3.05) is 20.8 Å². The number of aryl methyl sites for hydroxylation is 2. The number of allylic oxidation sites excluding steroid dienone is 7. The highest BCUT2D eigenvalue weighted by atomic mass is 127. The molecule has 41 heavy (non-hydrogen) atoms. The second-order valence-corrected chi connectivity index (χ2v) is 12.9. The Hall–Kier alpha value is -3.27. The minimum Gasteiger partial charge on any atom is -0.493 e. The van der Waals surface area contributed by atoms with Crippen LogP contribution in [0, 0.1) is 19.8 Å². The van der Waals surface area contributed by atoms with E-state index in [-0.39, 0.29) is 45.1 Å². The maximum absolute atomic E-state index is 15.8. The number of methoxy groups -OCH3 is 1. The van der Waals surface area contributed by atoms with Gasteiger partial charge in [0.1, 0.15) is 17.6 Å². The number of alkyl halides is 1. The minimum absolute atomic E-state index is 0.0308. The van der Waals surface area contributed by atoms with Crippen LogP contribution in [0.5, 0.6) is 0 Å². The molecule has 1 fully saturated rings. The van der Waals surface area contributed by atoms with Gasteiger partial charge in [-0.2, -0.15) is 0 Å². The third-order valence-electron chi connectivity index (χ3n) is 8.28. The van der Waals surface area contributed by atoms with E-state index in [1.165, 1.54) is 29.4 Å². The maximum atomic E-state index is 15.8. The molecule has 0 aromatic heterocycles. The molecule has 1 aromatic rings. The zero-order valence-corrected chi connectivity index (χ0v) is 25.9. The molecule has 0 bridgehead atoms. The van der Waals surface area contributed by atoms with Crippen LogP contribution in [0.2, 0.25) is 0 Å². The standard InChI is InChI=1S/C33H34FIN2O4/c1-19-10-21(23-14-35-18-36-15-23)11-20(2)31(19)27-16-37(3)33(34)32-26(27)8-9-28(32)41-24-6-5-7-25-22(12-30(38)39-4)17-40-29(25)13-24/h6-7,10-11,13-16,18,22,28,33H,5,8-9,12,17H2,1-4H3/t22-,28-,33?/m1/s1. The lowest BCUT2D eigenvalue weighted by atomic mass is 9.86. The van der Waals surface area contributed by atoms with Crippen molar-refractivity contribution in [3.8, 4) is 0 Å². The van der Waals surface area contributed by atoms with Gasteiger partial charge < -0.3 is 19.1 Å². The van der Waals surface area contributed by atoms with Gasteiger partial charge in [0.2, 0.25) is 0 Å². The zero-order valence-electron chi connectivity index (χ0n) is 23.7. The van der Waals surface area contributed by atoms with Gasteiger partial charge in [-0.05, 0) is 76.7 Å². The highest BCUT2D eigenvalue weighted by molar-refractivity contribution is 14.2. The smallest absolute Gasteiger partial charge is 0.306 e. The molecule has 3 atom stereocenters. The minimum atomic E-state index is -1.25. The van der Waals surface area contributed by atoms with Gasteiger partial charge in [0.15, 0.2) is 6.30 Å². The number of hydrogen-bond acceptors (Lipinski definition) is 6. The molecule has 0 spiro atoms. The predicted molar refractivity (Wildman–Crippen MR) is 169 cm³/mol. The number of aliphatic imine (C=N–C) groups is 1. The molecule has 6 nitrogen and oxygen atoms in total. The summed E-state index contributed by atoms with van der Waals surface area (Å²) in [6.45, 7) is 4.72. The van der Waals surface area contributed by atoms with Crippen LogP contribution in [-0.4, -0.2) is 54.4 Å². The van der Waals surface area contributed by atoms with Gasteiger partial charge in [0, 0.05) is 48.2 Å². The van der Waals surface area contributed by atoms with E-state index < -0.39 is 6.30 Å². The maximum Gasteiger partial charge on any atom is 0.306 e. The summed E-state index contributed by atoms with van der Waals surface area (Å²) in [7, 11) is 3.20. The first kappa shape index (κ1) is 27.9. The SMILES string of the molecule is COC(=O)C[C@@H]1COC2=CC(O[C@@H]3CCC4=C3C(F)N(C)C=C4c3c(C)cc(C4=CI=CN=C4)cc3C)=CCC=C21. The second kappa shape index (κ2) is 11.5. The normalized spacial score (nSPS) is 25.0. The number of carbonyl (C=O) groups excluding carboxylic acids is 1. The van der Waals surface area contributed by atoms with Crippen molar-refractivity contribution in [1.29, 1.82) is 0 Å². The summed E-state index contributed by atoms with van der Waals surface area (Å²) in [4.78, 5) is 17.9. The number of halogens is 2. The Labute approximate surface area is 250 Å². The van der Waals surface area contributed by atoms with E-state index in [0.717, 1.165) is 34.5 Å². The van der Waals surface area contributed by atoms with Crippen LogP contribution in [0.3, 0.4) is 0 Å². The van der Waals surface area contributed by atoms with Crippen LogP contribution in [0.15, 0.2) is 73.9 Å². The summed E-state index contributed by atoms with van der Waals surface area (Å²) in [6, 6.07) is 4.45. The summed E-state index contributed by atoms with van der Waals surface area (Å²) < 4.78 is 37.5. The third-order valence-corrected chi connectivity index (χ3v) is 9.95. The number of carbonyl (C=O) groups is 1. The quantitative estimate of drug-likeness (QED) is 0.189. The van der Waals surface area contributed by atoms with Gasteiger partial charge >= 0.3 is 5.97 Å². The van der Waals surface area contributed by atoms with E-state index >= 15 is 4.39 Å². The average Bonchev–Trinajstić information content (AvgIpc) is 3.48. The van der Waals surface area contributed by atoms with Crippen LogP contribution < -0.4 is 0 Å². The fraction of sp³-hybridized carbons (Fsp3) is 0.364. The van der Waals surface area contributed by atoms with Crippen LogP contribution >= 0.6 is 20.7 Å². The Morgan fingerprint density at radius 2 is 2.05 bits per heavy atom. The number of benzene rings is 1. The van der Waals surface area contributed by atoms with Gasteiger partial charge in [-0.3, -0.25) is 9.79 Å². The number of ether oxygens (including phenoxy) is 3. The molecular weight excluding hydrogens is 634 g/mol. The number of fused-ring (bicyclic) bond motifs is 1. The van der Waals surface area contributed by atoms with E-state index in [0.29, 0.717) is 30.8 Å². The lowest BCUT2D eigenvalue weighted by molar-refractivity contribution is -0.141. The summed E-state index contributed by atoms with van der Waals surface area (Å²) >= 11 is -0.141. The topological polar surface area (TPSA) is 60.4 Å². The fourth-order valence-corrected chi connectivity index (χ4v) is 7.78. The van der Waals surface area contributed by atoms with Crippen molar-refractivity contribution < 1.29 is 23.4 Å². The Morgan fingerprint density at radius 1 is 1.24 bits per heavy atom. The first-order chi connectivity index (χ1) is 19.8. The first-order valence-corrected chi connectivity index (χ1v) is 16.4. The molecule has 8 heteroatoms. The van der Waals surface area contributed by atoms with E-state index in [4.69, 9.17) is 14.2 Å². The van der Waals surface area contributed by atoms with Crippen LogP contribution in [0.4, 0.5) is 4.39 Å². The molecule has 214 valence electrons. The first-order valence-electron chi connectivity index (χ1n) is 13.9. The summed E-state index contributed by atoms with van der Waals surface area (Å²) in [6.07, 6.45) is 10.7. The Morgan fingerprint density at radius 3 is 2.78 bits per heavy atom. The number of nitrogens with zero attached hydrogens (tertiary/aromatic N) is 2. The molecule has 1 aromatic carbocycles. The van der Waals surface area contributed by atoms with Crippen molar-refractivity contribution in [3.05, 3.63) is 91.1 Å². The molecule has 1 unspecified atom stereocenters. The molecule has 1 saturated heterocycles. The molecule has 5 aliphatic rings. The van der Waals surface area contributed by atoms with Gasteiger partial charge in [-0.15, -0.1) is 0 Å². The van der Waals surface area contributed by atoms with Gasteiger partial charge in [0.05, 0.1) is 24.3 Å². The molecule has 6 rings (SSSR count). The lowest BCUT2D eigenvalue weighted by Crippen LogP contribution is -2.33. The highest BCUT2D eigenvalue weighted by Crippen LogP contribution is 2.46. The lowest BCUT2D eigenvalue weighted by Gasteiger charge is -2.32. The van der Waals surface area contributed by atoms with Crippen molar-refractivity contribution in [2.45, 2.75) is 51.9 Å². The van der Waals surface area contributed by atoms with E-state index in [1.807, 2.05) is 28.7 Å². The van der Waals surface area contributed by atoms with E-state index in [2.05, 4.69) is 41.1 Å². The summed E-state index contributed by atoms with van der Waals surface area (Å²) in [5.74, 6) is 1.11. The highest BCUT2D eigenvalue weighted by Gasteiger charge is 2.40. The second-order valence-electron chi connectivity index (χ2n) is 11.0. The molecule has 0 amide bonds. The number of hydrogen-bond donors (Lipinski definition) is 0. The van der Waals surface area contributed by atoms with Crippen molar-refractivity contribution in [2.24, 2.45) is 10.9 Å². The predicted octanol–water partition coefficient (Wildman–Crippen LogP) is 6.82. The van der Waals surface area contributed by atoms with Gasteiger partial charge in [0.25, 0.3) is 0 Å². The van der Waals surface area contributed by atoms with Crippen molar-refractivity contribution >= 4 is 48.2 Å². The largest absolute Gasteiger partial charge is 0.493 e. The molecule has 0 N–H and O–H groups in total. The Bertz CT molecular complexity index is 1520. The Balaban J connectivity index is 1.27. The van der Waals surface area contributed by atoms with Crippen LogP contribution in [0.25, 0.3) is 11.1 Å². The van der Waals surface area contributed by atoms with Crippen molar-refractivity contribution in [1.82, 2.24) is 4.90 Å². The van der Waals surface area contributed by atoms with Gasteiger partial charge in [-0.25, -0.2) is 4.39 Å². The number of likely N-dealkylation sites (N-methyl/N-ethyl adjacent to an activating group) is 1. The molecule has 0 radical (unpaired) electrons. The fourth-order valence-electron chi connectivity index (χ4n) is 6.37. The van der Waals surface area contributed by atoms with E-state index in [1.54, 1.807) is 11.9 Å². The average molecular weight is 669 g/mol. The number of esters is 1. The van der Waals surface area contributed by atoms with Crippen LogP contribution in [0.1, 0.15) is 47.9 Å².